The number of nitrogens with two attached hydrogens (primary N) is 1. The van der Waals surface area contributed by atoms with Gasteiger partial charge < -0.3 is 10.6 Å². The maximum atomic E-state index is 5.97. The summed E-state index contributed by atoms with van der Waals surface area (Å²) in [7, 11) is 0. The second kappa shape index (κ2) is 9.90. The number of nitrogens with zero attached hydrogens (tertiary/aromatic N) is 1. The average molecular weight is 242 g/mol. The molecule has 0 amide bonds. The standard InChI is InChI=1S/C15H34N2/c1-5-8-11-17(12-9-6-2)14-15(4,13-16)10-7-3/h5-14,16H2,1-4H3. The zero-order valence-corrected chi connectivity index (χ0v) is 12.6. The van der Waals surface area contributed by atoms with Crippen LogP contribution >= 0.6 is 0 Å². The van der Waals surface area contributed by atoms with Crippen LogP contribution in [0.15, 0.2) is 0 Å². The Balaban J connectivity index is 4.25. The Kier molecular flexibility index (Phi) is 9.85. The molecular weight excluding hydrogens is 208 g/mol. The molecule has 104 valence electrons. The quantitative estimate of drug-likeness (QED) is 0.599. The van der Waals surface area contributed by atoms with E-state index in [2.05, 4.69) is 32.6 Å². The average Bonchev–Trinajstić information content (AvgIpc) is 2.33. The maximum Gasteiger partial charge on any atom is 0.00474 e. The largest absolute Gasteiger partial charge is 0.330 e. The van der Waals surface area contributed by atoms with Crippen LogP contribution in [0.25, 0.3) is 0 Å². The lowest BCUT2D eigenvalue weighted by Gasteiger charge is -2.34. The summed E-state index contributed by atoms with van der Waals surface area (Å²) in [6, 6.07) is 0. The van der Waals surface area contributed by atoms with Gasteiger partial charge >= 0.3 is 0 Å². The van der Waals surface area contributed by atoms with Crippen molar-refractivity contribution in [3.05, 3.63) is 0 Å². The van der Waals surface area contributed by atoms with E-state index in [1.807, 2.05) is 0 Å². The molecule has 0 spiro atoms. The molecule has 2 heteroatoms. The summed E-state index contributed by atoms with van der Waals surface area (Å²) >= 11 is 0. The fourth-order valence-corrected chi connectivity index (χ4v) is 2.42. The fraction of sp³-hybridized carbons (Fsp3) is 1.00. The van der Waals surface area contributed by atoms with Gasteiger partial charge in [0.15, 0.2) is 0 Å². The monoisotopic (exact) mass is 242 g/mol. The molecule has 0 saturated heterocycles. The molecule has 0 heterocycles. The first-order chi connectivity index (χ1) is 8.11. The lowest BCUT2D eigenvalue weighted by atomic mass is 9.85. The van der Waals surface area contributed by atoms with Crippen molar-refractivity contribution in [2.24, 2.45) is 11.1 Å². The maximum absolute atomic E-state index is 5.97. The highest BCUT2D eigenvalue weighted by Crippen LogP contribution is 2.23. The van der Waals surface area contributed by atoms with E-state index in [9.17, 15) is 0 Å². The molecule has 0 rings (SSSR count). The van der Waals surface area contributed by atoms with Gasteiger partial charge in [-0.1, -0.05) is 47.0 Å². The Morgan fingerprint density at radius 1 is 0.941 bits per heavy atom. The Morgan fingerprint density at radius 3 is 1.82 bits per heavy atom. The lowest BCUT2D eigenvalue weighted by molar-refractivity contribution is 0.155. The second-order valence-electron chi connectivity index (χ2n) is 5.75. The molecule has 0 aromatic carbocycles. The summed E-state index contributed by atoms with van der Waals surface area (Å²) in [4.78, 5) is 2.63. The van der Waals surface area contributed by atoms with E-state index in [1.54, 1.807) is 0 Å². The van der Waals surface area contributed by atoms with E-state index < -0.39 is 0 Å². The second-order valence-corrected chi connectivity index (χ2v) is 5.75. The molecule has 0 aliphatic heterocycles. The zero-order valence-electron chi connectivity index (χ0n) is 12.6. The van der Waals surface area contributed by atoms with Gasteiger partial charge in [-0.2, -0.15) is 0 Å². The van der Waals surface area contributed by atoms with Crippen LogP contribution in [0.5, 0.6) is 0 Å². The smallest absolute Gasteiger partial charge is 0.00474 e. The van der Waals surface area contributed by atoms with Crippen LogP contribution in [0.3, 0.4) is 0 Å². The van der Waals surface area contributed by atoms with Gasteiger partial charge in [0, 0.05) is 6.54 Å². The molecule has 0 aliphatic rings. The molecule has 1 atom stereocenters. The van der Waals surface area contributed by atoms with Crippen molar-refractivity contribution in [1.29, 1.82) is 0 Å². The van der Waals surface area contributed by atoms with Gasteiger partial charge in [0.2, 0.25) is 0 Å². The number of rotatable bonds is 11. The molecule has 0 radical (unpaired) electrons. The highest BCUT2D eigenvalue weighted by Gasteiger charge is 2.24. The Labute approximate surface area is 109 Å². The van der Waals surface area contributed by atoms with Gasteiger partial charge in [0.25, 0.3) is 0 Å². The normalized spacial score (nSPS) is 15.2. The van der Waals surface area contributed by atoms with Crippen LogP contribution in [-0.4, -0.2) is 31.1 Å². The lowest BCUT2D eigenvalue weighted by Crippen LogP contribution is -2.41. The van der Waals surface area contributed by atoms with Gasteiger partial charge in [-0.15, -0.1) is 0 Å². The van der Waals surface area contributed by atoms with Crippen molar-refractivity contribution in [2.75, 3.05) is 26.2 Å². The molecule has 0 aromatic rings. The van der Waals surface area contributed by atoms with Crippen LogP contribution in [0.4, 0.5) is 0 Å². The van der Waals surface area contributed by atoms with Gasteiger partial charge in [0.05, 0.1) is 0 Å². The van der Waals surface area contributed by atoms with Gasteiger partial charge in [-0.25, -0.2) is 0 Å². The number of hydrogen-bond acceptors (Lipinski definition) is 2. The minimum Gasteiger partial charge on any atom is -0.330 e. The van der Waals surface area contributed by atoms with E-state index >= 15 is 0 Å². The van der Waals surface area contributed by atoms with Crippen molar-refractivity contribution in [1.82, 2.24) is 4.90 Å². The van der Waals surface area contributed by atoms with Gasteiger partial charge in [-0.05, 0) is 44.3 Å². The minimum absolute atomic E-state index is 0.316. The first-order valence-electron chi connectivity index (χ1n) is 7.54. The highest BCUT2D eigenvalue weighted by atomic mass is 15.1. The summed E-state index contributed by atoms with van der Waals surface area (Å²) in [6.45, 7) is 13.6. The zero-order chi connectivity index (χ0) is 13.1. The van der Waals surface area contributed by atoms with E-state index in [0.29, 0.717) is 5.41 Å². The summed E-state index contributed by atoms with van der Waals surface area (Å²) < 4.78 is 0. The summed E-state index contributed by atoms with van der Waals surface area (Å²) in [5.74, 6) is 0. The molecule has 17 heavy (non-hydrogen) atoms. The Hall–Kier alpha value is -0.0800. The van der Waals surface area contributed by atoms with Crippen LogP contribution in [-0.2, 0) is 0 Å². The van der Waals surface area contributed by atoms with Crippen LogP contribution in [0.2, 0.25) is 0 Å². The predicted octanol–water partition coefficient (Wildman–Crippen LogP) is 3.65. The molecule has 1 unspecified atom stereocenters. The van der Waals surface area contributed by atoms with Crippen molar-refractivity contribution < 1.29 is 0 Å². The van der Waals surface area contributed by atoms with Gasteiger partial charge in [0.1, 0.15) is 0 Å². The topological polar surface area (TPSA) is 29.3 Å². The molecule has 0 aliphatic carbocycles. The third-order valence-corrected chi connectivity index (χ3v) is 3.61. The SMILES string of the molecule is CCCCN(CCCC)CC(C)(CN)CCC. The van der Waals surface area contributed by atoms with E-state index in [4.69, 9.17) is 5.73 Å². The van der Waals surface area contributed by atoms with Gasteiger partial charge in [-0.3, -0.25) is 0 Å². The summed E-state index contributed by atoms with van der Waals surface area (Å²) in [5, 5.41) is 0. The van der Waals surface area contributed by atoms with E-state index in [0.717, 1.165) is 6.54 Å². The number of hydrogen-bond donors (Lipinski definition) is 1. The minimum atomic E-state index is 0.316. The molecule has 0 aromatic heterocycles. The molecule has 0 fully saturated rings. The number of unbranched alkanes of at least 4 members (excludes halogenated alkanes) is 2. The molecule has 0 bridgehead atoms. The predicted molar refractivity (Wildman–Crippen MR) is 78.3 cm³/mol. The van der Waals surface area contributed by atoms with Crippen LogP contribution < -0.4 is 5.73 Å². The van der Waals surface area contributed by atoms with E-state index in [1.165, 1.54) is 58.2 Å². The van der Waals surface area contributed by atoms with Crippen molar-refractivity contribution >= 4 is 0 Å². The van der Waals surface area contributed by atoms with Crippen molar-refractivity contribution in [3.63, 3.8) is 0 Å². The highest BCUT2D eigenvalue weighted by molar-refractivity contribution is 4.79. The third kappa shape index (κ3) is 7.77. The van der Waals surface area contributed by atoms with Crippen molar-refractivity contribution in [3.8, 4) is 0 Å². The van der Waals surface area contributed by atoms with Crippen molar-refractivity contribution in [2.45, 2.75) is 66.2 Å². The molecule has 0 saturated carbocycles. The first-order valence-corrected chi connectivity index (χ1v) is 7.54. The Bertz CT molecular complexity index is 162. The van der Waals surface area contributed by atoms with Crippen LogP contribution in [0.1, 0.15) is 66.2 Å². The fourth-order valence-electron chi connectivity index (χ4n) is 2.42. The first kappa shape index (κ1) is 16.9. The summed E-state index contributed by atoms with van der Waals surface area (Å²) in [6.07, 6.45) is 7.69. The third-order valence-electron chi connectivity index (χ3n) is 3.61. The summed E-state index contributed by atoms with van der Waals surface area (Å²) in [5.41, 5.74) is 6.29. The molecular formula is C15H34N2. The Morgan fingerprint density at radius 2 is 1.47 bits per heavy atom. The molecule has 2 nitrogen and oxygen atoms in total. The van der Waals surface area contributed by atoms with Crippen LogP contribution in [0, 0.1) is 5.41 Å². The van der Waals surface area contributed by atoms with E-state index in [-0.39, 0.29) is 0 Å². The molecule has 2 N–H and O–H groups in total.